The maximum atomic E-state index is 14.0. The van der Waals surface area contributed by atoms with Gasteiger partial charge >= 0.3 is 6.09 Å². The summed E-state index contributed by atoms with van der Waals surface area (Å²) < 4.78 is 36.8. The largest absolute Gasteiger partial charge is 0.444 e. The van der Waals surface area contributed by atoms with Gasteiger partial charge in [-0.2, -0.15) is 5.10 Å². The molecule has 10 heteroatoms. The molecule has 9 nitrogen and oxygen atoms in total. The quantitative estimate of drug-likeness (QED) is 0.158. The molecule has 51 heavy (non-hydrogen) atoms. The van der Waals surface area contributed by atoms with Crippen LogP contribution in [0.15, 0.2) is 115 Å². The van der Waals surface area contributed by atoms with Crippen molar-refractivity contribution in [2.75, 3.05) is 13.1 Å². The highest BCUT2D eigenvalue weighted by atomic mass is 32.2. The highest BCUT2D eigenvalue weighted by Gasteiger charge is 2.28. The van der Waals surface area contributed by atoms with Crippen LogP contribution in [-0.4, -0.2) is 56.8 Å². The van der Waals surface area contributed by atoms with Gasteiger partial charge in [-0.3, -0.25) is 4.68 Å². The Kier molecular flexibility index (Phi) is 9.28. The van der Waals surface area contributed by atoms with Crippen LogP contribution >= 0.6 is 0 Å². The number of benzene rings is 3. The van der Waals surface area contributed by atoms with E-state index >= 15 is 0 Å². The molecule has 6 aromatic rings. The number of fused-ring (bicyclic) bond motifs is 1. The number of hydrogen-bond donors (Lipinski definition) is 0. The van der Waals surface area contributed by atoms with Crippen molar-refractivity contribution >= 4 is 27.1 Å². The molecule has 0 bridgehead atoms. The number of pyridine rings is 1. The Balaban J connectivity index is 1.18. The van der Waals surface area contributed by atoms with Gasteiger partial charge in [0.15, 0.2) is 5.65 Å². The van der Waals surface area contributed by atoms with E-state index < -0.39 is 15.6 Å². The first-order valence-corrected chi connectivity index (χ1v) is 18.9. The molecule has 0 saturated carbocycles. The third-order valence-corrected chi connectivity index (χ3v) is 11.1. The predicted molar refractivity (Wildman–Crippen MR) is 200 cm³/mol. The molecule has 262 valence electrons. The molecular weight excluding hydrogens is 659 g/mol. The maximum absolute atomic E-state index is 14.0. The number of ether oxygens (including phenoxy) is 1. The fourth-order valence-corrected chi connectivity index (χ4v) is 7.98. The van der Waals surface area contributed by atoms with Crippen LogP contribution in [0.5, 0.6) is 0 Å². The van der Waals surface area contributed by atoms with Crippen LogP contribution < -0.4 is 0 Å². The highest BCUT2D eigenvalue weighted by molar-refractivity contribution is 7.90. The number of piperidine rings is 1. The normalized spacial score (nSPS) is 14.2. The Hall–Kier alpha value is -5.22. The Labute approximate surface area is 299 Å². The number of carbonyl (C=O) groups excluding carboxylic acids is 1. The van der Waals surface area contributed by atoms with E-state index in [1.807, 2.05) is 62.8 Å². The summed E-state index contributed by atoms with van der Waals surface area (Å²) in [7, 11) is -3.93. The lowest BCUT2D eigenvalue weighted by molar-refractivity contribution is 0.0205. The summed E-state index contributed by atoms with van der Waals surface area (Å²) in [5.74, 6) is 0.351. The SMILES string of the molecule is Cc1ccc(S(=O)(=O)n2cc(-c3cnn(CCc4ccccc4)c3)c3cc(-c4ccc(C5CCN(C(=O)OC(C)(C)C)CC5)cc4)cnc32)cc1. The van der Waals surface area contributed by atoms with Crippen LogP contribution in [0.2, 0.25) is 0 Å². The second-order valence-electron chi connectivity index (χ2n) is 14.3. The van der Waals surface area contributed by atoms with Gasteiger partial charge in [0, 0.05) is 60.3 Å². The van der Waals surface area contributed by atoms with Gasteiger partial charge < -0.3 is 9.64 Å². The first-order chi connectivity index (χ1) is 24.4. The Morgan fingerprint density at radius 2 is 1.57 bits per heavy atom. The van der Waals surface area contributed by atoms with Crippen molar-refractivity contribution in [3.8, 4) is 22.3 Å². The van der Waals surface area contributed by atoms with E-state index in [9.17, 15) is 13.2 Å². The molecule has 1 fully saturated rings. The van der Waals surface area contributed by atoms with Crippen molar-refractivity contribution in [3.63, 3.8) is 0 Å². The minimum atomic E-state index is -3.93. The minimum absolute atomic E-state index is 0.202. The number of nitrogens with zero attached hydrogens (tertiary/aromatic N) is 5. The van der Waals surface area contributed by atoms with Crippen LogP contribution in [0.25, 0.3) is 33.3 Å². The molecule has 7 rings (SSSR count). The standard InChI is InChI=1S/C41H43N5O4S/c1-29-10-16-36(17-11-29)51(48,49)46-28-38(35-26-43-45(27-35)23-18-30-8-6-5-7-9-30)37-24-34(25-42-39(37)46)32-14-12-31(13-15-32)33-19-21-44(22-20-33)40(47)50-41(2,3)4/h5-17,24-28,33H,18-23H2,1-4H3. The van der Waals surface area contributed by atoms with Gasteiger partial charge in [0.25, 0.3) is 10.0 Å². The van der Waals surface area contributed by atoms with Gasteiger partial charge in [0.05, 0.1) is 11.1 Å². The van der Waals surface area contributed by atoms with Crippen LogP contribution in [0.4, 0.5) is 4.79 Å². The fraction of sp³-hybridized carbons (Fsp3) is 0.293. The molecular formula is C41H43N5O4S. The van der Waals surface area contributed by atoms with E-state index in [1.165, 1.54) is 15.1 Å². The molecule has 0 radical (unpaired) electrons. The van der Waals surface area contributed by atoms with Gasteiger partial charge in [0.1, 0.15) is 5.60 Å². The van der Waals surface area contributed by atoms with Gasteiger partial charge in [0.2, 0.25) is 0 Å². The van der Waals surface area contributed by atoms with Crippen molar-refractivity contribution in [1.82, 2.24) is 23.6 Å². The summed E-state index contributed by atoms with van der Waals surface area (Å²) in [4.78, 5) is 19.3. The minimum Gasteiger partial charge on any atom is -0.444 e. The molecule has 0 N–H and O–H groups in total. The van der Waals surface area contributed by atoms with Crippen molar-refractivity contribution in [3.05, 3.63) is 126 Å². The van der Waals surface area contributed by atoms with Gasteiger partial charge in [-0.15, -0.1) is 0 Å². The lowest BCUT2D eigenvalue weighted by Gasteiger charge is -2.33. The molecule has 1 aliphatic rings. The summed E-state index contributed by atoms with van der Waals surface area (Å²) >= 11 is 0. The molecule has 0 aliphatic carbocycles. The van der Waals surface area contributed by atoms with Gasteiger partial charge in [-0.25, -0.2) is 22.2 Å². The van der Waals surface area contributed by atoms with Crippen molar-refractivity contribution in [2.45, 2.75) is 69.9 Å². The maximum Gasteiger partial charge on any atom is 0.410 e. The van der Waals surface area contributed by atoms with Crippen molar-refractivity contribution in [2.24, 2.45) is 0 Å². The lowest BCUT2D eigenvalue weighted by Crippen LogP contribution is -2.41. The molecule has 0 atom stereocenters. The summed E-state index contributed by atoms with van der Waals surface area (Å²) in [6, 6.07) is 27.7. The average molecular weight is 702 g/mol. The molecule has 1 aliphatic heterocycles. The number of amides is 1. The number of aromatic nitrogens is 4. The second-order valence-corrected chi connectivity index (χ2v) is 16.2. The van der Waals surface area contributed by atoms with E-state index in [0.717, 1.165) is 52.5 Å². The van der Waals surface area contributed by atoms with Crippen LogP contribution in [-0.2, 0) is 27.7 Å². The van der Waals surface area contributed by atoms with Crippen molar-refractivity contribution < 1.29 is 17.9 Å². The van der Waals surface area contributed by atoms with Gasteiger partial charge in [-0.05, 0) is 87.8 Å². The van der Waals surface area contributed by atoms with Gasteiger partial charge in [-0.1, -0.05) is 72.3 Å². The van der Waals surface area contributed by atoms with Crippen LogP contribution in [0.3, 0.4) is 0 Å². The Morgan fingerprint density at radius 1 is 0.863 bits per heavy atom. The molecule has 1 saturated heterocycles. The summed E-state index contributed by atoms with van der Waals surface area (Å²) in [6.07, 6.45) is 9.49. The molecule has 1 amide bonds. The highest BCUT2D eigenvalue weighted by Crippen LogP contribution is 2.36. The predicted octanol–water partition coefficient (Wildman–Crippen LogP) is 8.47. The number of carbonyl (C=O) groups is 1. The first kappa shape index (κ1) is 34.2. The van der Waals surface area contributed by atoms with E-state index in [4.69, 9.17) is 9.72 Å². The third-order valence-electron chi connectivity index (χ3n) is 9.47. The molecule has 4 heterocycles. The van der Waals surface area contributed by atoms with Crippen molar-refractivity contribution in [1.29, 1.82) is 0 Å². The summed E-state index contributed by atoms with van der Waals surface area (Å²) in [5.41, 5.74) is 6.72. The number of likely N-dealkylation sites (tertiary alicyclic amines) is 1. The molecule has 0 spiro atoms. The second kappa shape index (κ2) is 13.8. The van der Waals surface area contributed by atoms with E-state index in [0.29, 0.717) is 31.2 Å². The smallest absolute Gasteiger partial charge is 0.410 e. The third kappa shape index (κ3) is 7.46. The van der Waals surface area contributed by atoms with E-state index in [1.54, 1.807) is 47.8 Å². The monoisotopic (exact) mass is 701 g/mol. The fourth-order valence-electron chi connectivity index (χ4n) is 6.66. The Morgan fingerprint density at radius 3 is 2.25 bits per heavy atom. The summed E-state index contributed by atoms with van der Waals surface area (Å²) in [5, 5.41) is 5.35. The zero-order valence-corrected chi connectivity index (χ0v) is 30.3. The zero-order chi connectivity index (χ0) is 35.8. The molecule has 0 unspecified atom stereocenters. The summed E-state index contributed by atoms with van der Waals surface area (Å²) in [6.45, 7) is 9.61. The average Bonchev–Trinajstić information content (AvgIpc) is 3.76. The number of aryl methyl sites for hydroxylation is 3. The Bertz CT molecular complexity index is 2260. The molecule has 3 aromatic heterocycles. The topological polar surface area (TPSA) is 99.3 Å². The van der Waals surface area contributed by atoms with E-state index in [-0.39, 0.29) is 11.0 Å². The zero-order valence-electron chi connectivity index (χ0n) is 29.5. The number of hydrogen-bond acceptors (Lipinski definition) is 6. The van der Waals surface area contributed by atoms with Crippen LogP contribution in [0, 0.1) is 6.92 Å². The lowest BCUT2D eigenvalue weighted by atomic mass is 9.88. The van der Waals surface area contributed by atoms with Crippen LogP contribution in [0.1, 0.15) is 56.2 Å². The van der Waals surface area contributed by atoms with E-state index in [2.05, 4.69) is 41.5 Å². The molecule has 3 aromatic carbocycles. The number of rotatable bonds is 8. The first-order valence-electron chi connectivity index (χ1n) is 17.4.